The number of thiazole rings is 1. The van der Waals surface area contributed by atoms with Gasteiger partial charge in [-0.1, -0.05) is 29.5 Å². The molecule has 0 fully saturated rings. The van der Waals surface area contributed by atoms with E-state index in [1.165, 1.54) is 17.4 Å². The lowest BCUT2D eigenvalue weighted by Gasteiger charge is -1.95. The molecule has 0 amide bonds. The Kier molecular flexibility index (Phi) is 2.51. The van der Waals surface area contributed by atoms with Gasteiger partial charge in [-0.3, -0.25) is 4.79 Å². The normalized spacial score (nSPS) is 10.4. The molecular weight excluding hydrogens is 210 g/mol. The molecule has 0 saturated carbocycles. The summed E-state index contributed by atoms with van der Waals surface area (Å²) >= 11 is 1.23. The number of Topliss-reactive ketones (excluding diaryl/α,β-unsaturated/α-hetero) is 1. The maximum Gasteiger partial charge on any atom is 0.318 e. The number of carbonyl (C=O) groups excluding carboxylic acids is 1. The molecule has 1 aromatic heterocycles. The highest BCUT2D eigenvalue weighted by Crippen LogP contribution is 2.20. The maximum absolute atomic E-state index is 11.7. The number of benzene rings is 1. The first-order valence-corrected chi connectivity index (χ1v) is 5.31. The largest absolute Gasteiger partial charge is 0.617 e. The third kappa shape index (κ3) is 1.64. The van der Waals surface area contributed by atoms with Crippen LogP contribution in [0.2, 0.25) is 0 Å². The highest BCUT2D eigenvalue weighted by molar-refractivity contribution is 7.19. The van der Waals surface area contributed by atoms with Gasteiger partial charge in [0.2, 0.25) is 11.3 Å². The number of ketones is 1. The highest BCUT2D eigenvalue weighted by atomic mass is 32.1. The third-order valence-electron chi connectivity index (χ3n) is 2.04. The molecule has 76 valence electrons. The summed E-state index contributed by atoms with van der Waals surface area (Å²) in [5.74, 6) is -0.179. The molecule has 0 saturated heterocycles. The van der Waals surface area contributed by atoms with E-state index in [4.69, 9.17) is 0 Å². The van der Waals surface area contributed by atoms with Crippen molar-refractivity contribution < 1.29 is 9.52 Å². The summed E-state index contributed by atoms with van der Waals surface area (Å²) < 4.78 is 1.53. The number of rotatable bonds is 3. The third-order valence-corrected chi connectivity index (χ3v) is 3.20. The highest BCUT2D eigenvalue weighted by Gasteiger charge is 2.21. The Morgan fingerprint density at radius 3 is 2.93 bits per heavy atom. The monoisotopic (exact) mass is 219 g/mol. The van der Waals surface area contributed by atoms with Crippen LogP contribution in [0.25, 0.3) is 10.2 Å². The molecule has 4 heteroatoms. The molecule has 0 unspecified atom stereocenters. The number of hydrogen-bond donors (Lipinski definition) is 0. The predicted molar refractivity (Wildman–Crippen MR) is 59.9 cm³/mol. The van der Waals surface area contributed by atoms with Crippen molar-refractivity contribution in [2.75, 3.05) is 0 Å². The second kappa shape index (κ2) is 3.82. The summed E-state index contributed by atoms with van der Waals surface area (Å²) in [6.45, 7) is 3.48. The Hall–Kier alpha value is -1.68. The zero-order valence-electron chi connectivity index (χ0n) is 7.97. The topological polar surface area (TPSA) is 44.0 Å². The van der Waals surface area contributed by atoms with E-state index in [1.807, 2.05) is 12.1 Å². The van der Waals surface area contributed by atoms with Crippen molar-refractivity contribution in [3.63, 3.8) is 0 Å². The fourth-order valence-electron chi connectivity index (χ4n) is 1.35. The first kappa shape index (κ1) is 9.86. The fourth-order valence-corrected chi connectivity index (χ4v) is 2.34. The van der Waals surface area contributed by atoms with Crippen LogP contribution in [-0.2, 0) is 0 Å². The summed E-state index contributed by atoms with van der Waals surface area (Å²) in [4.78, 5) is 11.6. The Bertz CT molecular complexity index is 530. The van der Waals surface area contributed by atoms with Gasteiger partial charge in [0.05, 0.1) is 0 Å². The Morgan fingerprint density at radius 2 is 2.27 bits per heavy atom. The second-order valence-corrected chi connectivity index (χ2v) is 4.12. The minimum Gasteiger partial charge on any atom is -0.617 e. The van der Waals surface area contributed by atoms with Crippen LogP contribution in [-0.4, -0.2) is 5.78 Å². The first-order valence-electron chi connectivity index (χ1n) is 4.49. The minimum atomic E-state index is -0.179. The number of para-hydroxylation sites is 1. The molecule has 0 aliphatic rings. The van der Waals surface area contributed by atoms with Crippen LogP contribution in [0.1, 0.15) is 16.2 Å². The molecule has 3 nitrogen and oxygen atoms in total. The van der Waals surface area contributed by atoms with Crippen LogP contribution < -0.4 is 4.73 Å². The standard InChI is InChI=1S/C11H9NO2S/c1-2-5-9(13)11-12(14)8-6-3-4-7-10(8)15-11/h2-4,6-7H,1,5H2. The van der Waals surface area contributed by atoms with Gasteiger partial charge in [0.1, 0.15) is 4.70 Å². The van der Waals surface area contributed by atoms with E-state index < -0.39 is 0 Å². The summed E-state index contributed by atoms with van der Waals surface area (Å²) in [5, 5.41) is 11.9. The molecule has 15 heavy (non-hydrogen) atoms. The molecule has 0 radical (unpaired) electrons. The molecule has 0 aliphatic heterocycles. The number of hydrogen-bond acceptors (Lipinski definition) is 3. The molecule has 2 rings (SSSR count). The molecule has 0 atom stereocenters. The molecule has 1 heterocycles. The van der Waals surface area contributed by atoms with Crippen molar-refractivity contribution in [2.24, 2.45) is 0 Å². The van der Waals surface area contributed by atoms with E-state index in [0.29, 0.717) is 10.2 Å². The van der Waals surface area contributed by atoms with Gasteiger partial charge in [-0.15, -0.1) is 6.58 Å². The van der Waals surface area contributed by atoms with Crippen LogP contribution >= 0.6 is 11.3 Å². The van der Waals surface area contributed by atoms with E-state index in [0.717, 1.165) is 4.70 Å². The zero-order chi connectivity index (χ0) is 10.8. The fraction of sp³-hybridized carbons (Fsp3) is 0.0909. The molecule has 2 aromatic rings. The molecule has 0 bridgehead atoms. The van der Waals surface area contributed by atoms with Crippen molar-refractivity contribution in [1.82, 2.24) is 0 Å². The van der Waals surface area contributed by atoms with Gasteiger partial charge >= 0.3 is 5.01 Å². The minimum absolute atomic E-state index is 0.179. The molecular formula is C11H9NO2S. The molecule has 0 aliphatic carbocycles. The lowest BCUT2D eigenvalue weighted by atomic mass is 10.3. The van der Waals surface area contributed by atoms with Crippen LogP contribution in [0, 0.1) is 5.21 Å². The van der Waals surface area contributed by atoms with Crippen molar-refractivity contribution in [1.29, 1.82) is 0 Å². The molecule has 0 spiro atoms. The lowest BCUT2D eigenvalue weighted by Crippen LogP contribution is -2.31. The van der Waals surface area contributed by atoms with Gasteiger partial charge < -0.3 is 5.21 Å². The predicted octanol–water partition coefficient (Wildman–Crippen LogP) is 2.29. The van der Waals surface area contributed by atoms with Gasteiger partial charge in [0, 0.05) is 12.5 Å². The SMILES string of the molecule is C=CCC(=O)c1sc2ccccc2[n+]1[O-]. The number of carbonyl (C=O) groups is 1. The van der Waals surface area contributed by atoms with Gasteiger partial charge in [-0.25, -0.2) is 0 Å². The van der Waals surface area contributed by atoms with Gasteiger partial charge in [-0.05, 0) is 6.07 Å². The lowest BCUT2D eigenvalue weighted by molar-refractivity contribution is -0.574. The van der Waals surface area contributed by atoms with Gasteiger partial charge in [0.15, 0.2) is 0 Å². The smallest absolute Gasteiger partial charge is 0.318 e. The van der Waals surface area contributed by atoms with Crippen molar-refractivity contribution in [3.05, 3.63) is 47.1 Å². The summed E-state index contributed by atoms with van der Waals surface area (Å²) in [6, 6.07) is 7.18. The number of fused-ring (bicyclic) bond motifs is 1. The average molecular weight is 219 g/mol. The Labute approximate surface area is 90.9 Å². The summed E-state index contributed by atoms with van der Waals surface area (Å²) in [5.41, 5.74) is 0.551. The van der Waals surface area contributed by atoms with E-state index >= 15 is 0 Å². The van der Waals surface area contributed by atoms with Crippen LogP contribution in [0.4, 0.5) is 0 Å². The van der Waals surface area contributed by atoms with E-state index in [2.05, 4.69) is 6.58 Å². The van der Waals surface area contributed by atoms with Crippen LogP contribution in [0.15, 0.2) is 36.9 Å². The Balaban J connectivity index is 2.57. The molecule has 1 aromatic carbocycles. The quantitative estimate of drug-likeness (QED) is 0.344. The average Bonchev–Trinajstić information content (AvgIpc) is 2.57. The first-order chi connectivity index (χ1) is 7.24. The van der Waals surface area contributed by atoms with Crippen molar-refractivity contribution >= 4 is 27.3 Å². The van der Waals surface area contributed by atoms with E-state index in [-0.39, 0.29) is 17.2 Å². The number of nitrogens with zero attached hydrogens (tertiary/aromatic N) is 1. The van der Waals surface area contributed by atoms with Crippen LogP contribution in [0.5, 0.6) is 0 Å². The van der Waals surface area contributed by atoms with E-state index in [1.54, 1.807) is 12.1 Å². The molecule has 0 N–H and O–H groups in total. The van der Waals surface area contributed by atoms with E-state index in [9.17, 15) is 10.0 Å². The maximum atomic E-state index is 11.7. The summed E-state index contributed by atoms with van der Waals surface area (Å²) in [6.07, 6.45) is 1.71. The zero-order valence-corrected chi connectivity index (χ0v) is 8.79. The van der Waals surface area contributed by atoms with Crippen molar-refractivity contribution in [3.8, 4) is 0 Å². The van der Waals surface area contributed by atoms with Gasteiger partial charge in [0.25, 0.3) is 0 Å². The second-order valence-electron chi connectivity index (χ2n) is 3.09. The van der Waals surface area contributed by atoms with Crippen LogP contribution in [0.3, 0.4) is 0 Å². The van der Waals surface area contributed by atoms with Gasteiger partial charge in [-0.2, -0.15) is 4.73 Å². The number of allylic oxidation sites excluding steroid dienone is 1. The Morgan fingerprint density at radius 1 is 1.53 bits per heavy atom. The number of aromatic nitrogens is 1. The summed E-state index contributed by atoms with van der Waals surface area (Å²) in [7, 11) is 0. The van der Waals surface area contributed by atoms with Crippen molar-refractivity contribution in [2.45, 2.75) is 6.42 Å².